The highest BCUT2D eigenvalue weighted by molar-refractivity contribution is 5.78. The molecule has 0 aromatic carbocycles. The van der Waals surface area contributed by atoms with Crippen LogP contribution >= 0.6 is 0 Å². The number of likely N-dealkylation sites (tertiary alicyclic amines) is 2. The second-order valence-corrected chi connectivity index (χ2v) is 7.18. The molecule has 0 bridgehead atoms. The van der Waals surface area contributed by atoms with Crippen LogP contribution in [-0.2, 0) is 4.79 Å². The fourth-order valence-corrected chi connectivity index (χ4v) is 3.86. The molecule has 0 radical (unpaired) electrons. The molecule has 0 N–H and O–H groups in total. The quantitative estimate of drug-likeness (QED) is 0.790. The van der Waals surface area contributed by atoms with Crippen molar-refractivity contribution in [3.05, 3.63) is 0 Å². The number of carbonyl (C=O) groups excluding carboxylic acids is 1. The molecule has 3 heteroatoms. The van der Waals surface area contributed by atoms with Crippen molar-refractivity contribution < 1.29 is 4.79 Å². The van der Waals surface area contributed by atoms with Gasteiger partial charge in [0.2, 0.25) is 5.91 Å². The van der Waals surface area contributed by atoms with Crippen LogP contribution in [0, 0.1) is 11.8 Å². The third-order valence-electron chi connectivity index (χ3n) is 5.03. The van der Waals surface area contributed by atoms with Gasteiger partial charge in [0.1, 0.15) is 0 Å². The molecule has 3 nitrogen and oxygen atoms in total. The number of hydrogen-bond donors (Lipinski definition) is 0. The Morgan fingerprint density at radius 1 is 1.10 bits per heavy atom. The Balaban J connectivity index is 1.84. The maximum atomic E-state index is 12.3. The van der Waals surface area contributed by atoms with Crippen molar-refractivity contribution in [3.8, 4) is 0 Å². The van der Waals surface area contributed by atoms with E-state index in [-0.39, 0.29) is 5.92 Å². The minimum Gasteiger partial charge on any atom is -0.339 e. The first-order valence-electron chi connectivity index (χ1n) is 8.57. The van der Waals surface area contributed by atoms with Crippen LogP contribution in [0.25, 0.3) is 0 Å². The van der Waals surface area contributed by atoms with E-state index >= 15 is 0 Å². The lowest BCUT2D eigenvalue weighted by Crippen LogP contribution is -2.46. The first-order chi connectivity index (χ1) is 9.58. The number of rotatable bonds is 4. The SMILES string of the molecule is CC(C)C(=O)N1CCCCC1CCC1CCCN(C)C1. The molecule has 0 spiro atoms. The van der Waals surface area contributed by atoms with Gasteiger partial charge in [-0.05, 0) is 64.5 Å². The number of piperidine rings is 2. The summed E-state index contributed by atoms with van der Waals surface area (Å²) in [5, 5.41) is 0. The Morgan fingerprint density at radius 3 is 2.60 bits per heavy atom. The number of nitrogens with zero attached hydrogens (tertiary/aromatic N) is 2. The summed E-state index contributed by atoms with van der Waals surface area (Å²) >= 11 is 0. The normalized spacial score (nSPS) is 28.9. The van der Waals surface area contributed by atoms with Crippen molar-refractivity contribution in [1.29, 1.82) is 0 Å². The first-order valence-corrected chi connectivity index (χ1v) is 8.57. The van der Waals surface area contributed by atoms with Crippen LogP contribution in [0.15, 0.2) is 0 Å². The third kappa shape index (κ3) is 4.21. The Hall–Kier alpha value is -0.570. The molecule has 20 heavy (non-hydrogen) atoms. The summed E-state index contributed by atoms with van der Waals surface area (Å²) in [7, 11) is 2.24. The van der Waals surface area contributed by atoms with Crippen LogP contribution in [0.2, 0.25) is 0 Å². The van der Waals surface area contributed by atoms with E-state index in [1.54, 1.807) is 0 Å². The van der Waals surface area contributed by atoms with E-state index in [0.29, 0.717) is 11.9 Å². The lowest BCUT2D eigenvalue weighted by Gasteiger charge is -2.38. The van der Waals surface area contributed by atoms with E-state index in [2.05, 4.69) is 16.8 Å². The lowest BCUT2D eigenvalue weighted by molar-refractivity contribution is -0.138. The summed E-state index contributed by atoms with van der Waals surface area (Å²) in [4.78, 5) is 17.0. The molecule has 116 valence electrons. The van der Waals surface area contributed by atoms with Gasteiger partial charge in [0, 0.05) is 25.0 Å². The lowest BCUT2D eigenvalue weighted by atomic mass is 9.89. The maximum absolute atomic E-state index is 12.3. The van der Waals surface area contributed by atoms with Crippen LogP contribution in [0.3, 0.4) is 0 Å². The molecule has 0 aromatic heterocycles. The van der Waals surface area contributed by atoms with Crippen molar-refractivity contribution in [3.63, 3.8) is 0 Å². The van der Waals surface area contributed by atoms with E-state index in [0.717, 1.165) is 12.5 Å². The molecule has 2 fully saturated rings. The predicted molar refractivity (Wildman–Crippen MR) is 83.6 cm³/mol. The van der Waals surface area contributed by atoms with E-state index in [9.17, 15) is 4.79 Å². The van der Waals surface area contributed by atoms with Gasteiger partial charge in [-0.25, -0.2) is 0 Å². The summed E-state index contributed by atoms with van der Waals surface area (Å²) in [6, 6.07) is 0.519. The van der Waals surface area contributed by atoms with Crippen molar-refractivity contribution in [2.24, 2.45) is 11.8 Å². The van der Waals surface area contributed by atoms with Crippen LogP contribution in [-0.4, -0.2) is 48.4 Å². The number of carbonyl (C=O) groups is 1. The number of hydrogen-bond acceptors (Lipinski definition) is 2. The van der Waals surface area contributed by atoms with E-state index in [1.807, 2.05) is 13.8 Å². The molecule has 0 saturated carbocycles. The molecule has 1 amide bonds. The third-order valence-corrected chi connectivity index (χ3v) is 5.03. The molecule has 2 unspecified atom stereocenters. The Labute approximate surface area is 124 Å². The first kappa shape index (κ1) is 15.8. The van der Waals surface area contributed by atoms with Gasteiger partial charge in [-0.2, -0.15) is 0 Å². The van der Waals surface area contributed by atoms with Gasteiger partial charge in [-0.15, -0.1) is 0 Å². The molecule has 2 saturated heterocycles. The standard InChI is InChI=1S/C17H32N2O/c1-14(2)17(20)19-12-5-4-8-16(19)10-9-15-7-6-11-18(3)13-15/h14-16H,4-13H2,1-3H3. The smallest absolute Gasteiger partial charge is 0.225 e. The van der Waals surface area contributed by atoms with Crippen molar-refractivity contribution in [2.45, 2.75) is 64.8 Å². The highest BCUT2D eigenvalue weighted by Crippen LogP contribution is 2.27. The summed E-state index contributed by atoms with van der Waals surface area (Å²) in [5.41, 5.74) is 0. The molecule has 2 rings (SSSR count). The Bertz CT molecular complexity index is 316. The van der Waals surface area contributed by atoms with Crippen LogP contribution < -0.4 is 0 Å². The maximum Gasteiger partial charge on any atom is 0.225 e. The van der Waals surface area contributed by atoms with Gasteiger partial charge in [-0.1, -0.05) is 13.8 Å². The molecule has 0 aliphatic carbocycles. The van der Waals surface area contributed by atoms with Crippen molar-refractivity contribution in [2.75, 3.05) is 26.7 Å². The van der Waals surface area contributed by atoms with Crippen molar-refractivity contribution in [1.82, 2.24) is 9.80 Å². The molecule has 2 aliphatic rings. The van der Waals surface area contributed by atoms with Gasteiger partial charge < -0.3 is 9.80 Å². The molecule has 2 aliphatic heterocycles. The van der Waals surface area contributed by atoms with Gasteiger partial charge in [0.05, 0.1) is 0 Å². The highest BCUT2D eigenvalue weighted by atomic mass is 16.2. The van der Waals surface area contributed by atoms with E-state index in [4.69, 9.17) is 0 Å². The zero-order valence-corrected chi connectivity index (χ0v) is 13.6. The second kappa shape index (κ2) is 7.44. The average Bonchev–Trinajstić information content (AvgIpc) is 2.44. The Morgan fingerprint density at radius 2 is 1.90 bits per heavy atom. The molecular formula is C17H32N2O. The molecule has 2 heterocycles. The van der Waals surface area contributed by atoms with Gasteiger partial charge in [-0.3, -0.25) is 4.79 Å². The van der Waals surface area contributed by atoms with Crippen LogP contribution in [0.1, 0.15) is 58.8 Å². The Kier molecular flexibility index (Phi) is 5.88. The summed E-state index contributed by atoms with van der Waals surface area (Å²) in [5.74, 6) is 1.37. The summed E-state index contributed by atoms with van der Waals surface area (Å²) < 4.78 is 0. The van der Waals surface area contributed by atoms with E-state index < -0.39 is 0 Å². The minimum absolute atomic E-state index is 0.149. The van der Waals surface area contributed by atoms with Gasteiger partial charge in [0.25, 0.3) is 0 Å². The molecule has 2 atom stereocenters. The monoisotopic (exact) mass is 280 g/mol. The second-order valence-electron chi connectivity index (χ2n) is 7.18. The van der Waals surface area contributed by atoms with Crippen LogP contribution in [0.5, 0.6) is 0 Å². The zero-order valence-electron chi connectivity index (χ0n) is 13.6. The zero-order chi connectivity index (χ0) is 14.5. The highest BCUT2D eigenvalue weighted by Gasteiger charge is 2.28. The fourth-order valence-electron chi connectivity index (χ4n) is 3.86. The van der Waals surface area contributed by atoms with Crippen LogP contribution in [0.4, 0.5) is 0 Å². The predicted octanol–water partition coefficient (Wildman–Crippen LogP) is 3.15. The molecule has 0 aromatic rings. The topological polar surface area (TPSA) is 23.6 Å². The minimum atomic E-state index is 0.149. The molecular weight excluding hydrogens is 248 g/mol. The largest absolute Gasteiger partial charge is 0.339 e. The average molecular weight is 280 g/mol. The fraction of sp³-hybridized carbons (Fsp3) is 0.941. The van der Waals surface area contributed by atoms with Crippen molar-refractivity contribution >= 4 is 5.91 Å². The van der Waals surface area contributed by atoms with Gasteiger partial charge in [0.15, 0.2) is 0 Å². The summed E-state index contributed by atoms with van der Waals surface area (Å²) in [6.45, 7) is 7.57. The summed E-state index contributed by atoms with van der Waals surface area (Å²) in [6.07, 6.45) is 8.97. The number of amides is 1. The van der Waals surface area contributed by atoms with Gasteiger partial charge >= 0.3 is 0 Å². The van der Waals surface area contributed by atoms with E-state index in [1.165, 1.54) is 58.0 Å².